The maximum absolute atomic E-state index is 13.3. The first-order valence-corrected chi connectivity index (χ1v) is 20.1. The summed E-state index contributed by atoms with van der Waals surface area (Å²) in [7, 11) is 0. The van der Waals surface area contributed by atoms with Crippen molar-refractivity contribution in [2.75, 3.05) is 39.6 Å². The molecule has 0 bridgehead atoms. The number of Topliss-reactive ketones (excluding diaryl/α,β-unsaturated/α-hetero) is 2. The van der Waals surface area contributed by atoms with E-state index in [0.717, 1.165) is 74.0 Å². The third-order valence-electron chi connectivity index (χ3n) is 10.1. The fourth-order valence-electron chi connectivity index (χ4n) is 7.14. The first-order chi connectivity index (χ1) is 26.7. The predicted octanol–water partition coefficient (Wildman–Crippen LogP) is 8.06. The third-order valence-corrected chi connectivity index (χ3v) is 11.6. The number of aromatic nitrogens is 4. The van der Waals surface area contributed by atoms with Crippen LogP contribution in [0.5, 0.6) is 0 Å². The summed E-state index contributed by atoms with van der Waals surface area (Å²) in [5, 5.41) is 10.6. The molecule has 13 heteroatoms. The highest BCUT2D eigenvalue weighted by Gasteiger charge is 2.32. The molecule has 1 atom stereocenters. The molecule has 0 saturated heterocycles. The summed E-state index contributed by atoms with van der Waals surface area (Å²) in [6, 6.07) is 17.7. The number of benzene rings is 2. The Balaban J connectivity index is 0.00000532. The molecule has 1 aliphatic carbocycles. The smallest absolute Gasteiger partial charge is 0.163 e. The largest absolute Gasteiger partial charge is 0.379 e. The zero-order valence-corrected chi connectivity index (χ0v) is 34.7. The minimum Gasteiger partial charge on any atom is -0.379 e. The van der Waals surface area contributed by atoms with Gasteiger partial charge in [0.15, 0.2) is 5.82 Å². The van der Waals surface area contributed by atoms with Crippen LogP contribution in [0.1, 0.15) is 81.8 Å². The van der Waals surface area contributed by atoms with Crippen molar-refractivity contribution in [3.8, 4) is 16.1 Å². The molecule has 4 heterocycles. The van der Waals surface area contributed by atoms with Gasteiger partial charge in [-0.25, -0.2) is 0 Å². The van der Waals surface area contributed by atoms with Crippen LogP contribution in [0.15, 0.2) is 65.8 Å². The van der Waals surface area contributed by atoms with E-state index in [4.69, 9.17) is 30.8 Å². The lowest BCUT2D eigenvalue weighted by atomic mass is 9.99. The minimum absolute atomic E-state index is 0. The number of nitrogens with zero attached hydrogens (tertiary/aromatic N) is 5. The summed E-state index contributed by atoms with van der Waals surface area (Å²) >= 11 is 7.92. The number of aliphatic imine (C=N–C) groups is 1. The van der Waals surface area contributed by atoms with E-state index in [9.17, 15) is 9.59 Å². The van der Waals surface area contributed by atoms with E-state index >= 15 is 0 Å². The van der Waals surface area contributed by atoms with Crippen LogP contribution in [-0.2, 0) is 43.1 Å². The van der Waals surface area contributed by atoms with Crippen LogP contribution in [0.4, 0.5) is 0 Å². The summed E-state index contributed by atoms with van der Waals surface area (Å²) in [5.74, 6) is 1.85. The molecule has 0 spiro atoms. The van der Waals surface area contributed by atoms with Crippen LogP contribution in [0.2, 0.25) is 5.02 Å². The Bertz CT molecular complexity index is 2200. The van der Waals surface area contributed by atoms with E-state index in [0.29, 0.717) is 76.2 Å². The minimum atomic E-state index is -0.465. The van der Waals surface area contributed by atoms with Crippen LogP contribution in [0, 0.1) is 20.8 Å². The molecule has 56 heavy (non-hydrogen) atoms. The van der Waals surface area contributed by atoms with Crippen LogP contribution in [0.3, 0.4) is 0 Å². The van der Waals surface area contributed by atoms with Crippen LogP contribution in [-0.4, -0.2) is 76.7 Å². The quantitative estimate of drug-likeness (QED) is 0.0816. The van der Waals surface area contributed by atoms with Crippen molar-refractivity contribution in [3.05, 3.63) is 116 Å². The summed E-state index contributed by atoms with van der Waals surface area (Å²) in [6.07, 6.45) is 5.86. The van der Waals surface area contributed by atoms with Crippen molar-refractivity contribution in [2.24, 2.45) is 4.99 Å². The molecule has 0 fully saturated rings. The molecule has 7 rings (SSSR count). The Morgan fingerprint density at radius 2 is 1.52 bits per heavy atom. The first-order valence-electron chi connectivity index (χ1n) is 18.9. The predicted molar refractivity (Wildman–Crippen MR) is 225 cm³/mol. The van der Waals surface area contributed by atoms with Crippen molar-refractivity contribution in [1.29, 1.82) is 0 Å². The van der Waals surface area contributed by atoms with E-state index in [1.807, 2.05) is 43.5 Å². The van der Waals surface area contributed by atoms with Gasteiger partial charge in [0, 0.05) is 71.8 Å². The number of thiophene rings is 1. The van der Waals surface area contributed by atoms with E-state index in [-0.39, 0.29) is 31.5 Å². The van der Waals surface area contributed by atoms with Gasteiger partial charge in [0.05, 0.1) is 32.1 Å². The highest BCUT2D eigenvalue weighted by atomic mass is 35.5. The average molecular weight is 814 g/mol. The summed E-state index contributed by atoms with van der Waals surface area (Å²) in [4.78, 5) is 36.0. The number of ether oxygens (including phenoxy) is 3. The van der Waals surface area contributed by atoms with Gasteiger partial charge in [0.1, 0.15) is 28.4 Å². The molecule has 3 aromatic heterocycles. The highest BCUT2D eigenvalue weighted by molar-refractivity contribution is 7.59. The van der Waals surface area contributed by atoms with E-state index in [1.165, 1.54) is 4.88 Å². The van der Waals surface area contributed by atoms with E-state index in [2.05, 4.69) is 57.9 Å². The van der Waals surface area contributed by atoms with Gasteiger partial charge >= 0.3 is 0 Å². The van der Waals surface area contributed by atoms with Gasteiger partial charge in [-0.15, -0.1) is 21.5 Å². The Morgan fingerprint density at radius 1 is 0.839 bits per heavy atom. The van der Waals surface area contributed by atoms with Gasteiger partial charge in [0.25, 0.3) is 0 Å². The Labute approximate surface area is 344 Å². The fraction of sp³-hybridized carbons (Fsp3) is 0.395. The number of aryl methyl sites for hydroxylation is 3. The van der Waals surface area contributed by atoms with Gasteiger partial charge in [-0.1, -0.05) is 41.9 Å². The van der Waals surface area contributed by atoms with E-state index in [1.54, 1.807) is 11.3 Å². The Morgan fingerprint density at radius 3 is 2.29 bits per heavy atom. The molecular weight excluding hydrogens is 766 g/mol. The lowest BCUT2D eigenvalue weighted by Crippen LogP contribution is -2.13. The monoisotopic (exact) mass is 813 g/mol. The lowest BCUT2D eigenvalue weighted by molar-refractivity contribution is -0.120. The van der Waals surface area contributed by atoms with Gasteiger partial charge in [0.2, 0.25) is 0 Å². The second-order valence-electron chi connectivity index (χ2n) is 14.1. The molecule has 5 aromatic rings. The SMILES string of the molecule is Cc1sc2c(c1C)C(c1ccc(Cl)cc1)=N[C@@H](CC(=O)CCCOCCOCCOCCCc1cc(-c3ccc4c(c3)CC(=O)C4)ccn1)c1nnc(C)n1-2.S. The molecule has 2 aromatic carbocycles. The fourth-order valence-corrected chi connectivity index (χ4v) is 8.48. The topological polar surface area (TPSA) is 118 Å². The van der Waals surface area contributed by atoms with Gasteiger partial charge < -0.3 is 14.2 Å². The van der Waals surface area contributed by atoms with Crippen molar-refractivity contribution in [2.45, 2.75) is 71.8 Å². The number of pyridine rings is 1. The number of hydrogen-bond acceptors (Lipinski definition) is 10. The summed E-state index contributed by atoms with van der Waals surface area (Å²) < 4.78 is 19.3. The van der Waals surface area contributed by atoms with E-state index < -0.39 is 6.04 Å². The molecular formula is C43H48ClN5O5S2. The number of ketones is 2. The maximum atomic E-state index is 13.3. The molecule has 0 amide bonds. The van der Waals surface area contributed by atoms with Gasteiger partial charge in [-0.2, -0.15) is 13.5 Å². The molecule has 0 unspecified atom stereocenters. The number of halogens is 1. The normalized spacial score (nSPS) is 14.5. The molecule has 2 aliphatic rings. The molecule has 0 N–H and O–H groups in total. The lowest BCUT2D eigenvalue weighted by Gasteiger charge is -2.12. The first kappa shape index (κ1) is 41.6. The number of carbonyl (C=O) groups is 2. The standard InChI is InChI=1S/C43H46ClN5O5S.H2S/c1-27-28(2)55-43-40(27)41(30-10-12-35(44)13-11-30)46-39(42-48-47-29(3)49(42)43)26-37(50)7-5-17-53-19-21-54-20-18-52-16-4-6-36-23-33(14-15-45-36)31-8-9-32-24-38(51)25-34(32)22-31;/h8-15,22-23,39H,4-7,16-21,24-26H2,1-3H3;1H2/t39-;/m0./s1. The summed E-state index contributed by atoms with van der Waals surface area (Å²) in [6.45, 7) is 9.19. The van der Waals surface area contributed by atoms with Crippen molar-refractivity contribution in [3.63, 3.8) is 0 Å². The zero-order valence-electron chi connectivity index (χ0n) is 32.1. The number of rotatable bonds is 18. The average Bonchev–Trinajstić information content (AvgIpc) is 3.81. The van der Waals surface area contributed by atoms with Crippen LogP contribution < -0.4 is 0 Å². The Hall–Kier alpha value is -4.04. The molecule has 0 radical (unpaired) electrons. The number of carbonyl (C=O) groups excluding carboxylic acids is 2. The number of fused-ring (bicyclic) bond motifs is 4. The van der Waals surface area contributed by atoms with Crippen molar-refractivity contribution >= 4 is 53.7 Å². The maximum Gasteiger partial charge on any atom is 0.163 e. The van der Waals surface area contributed by atoms with Crippen LogP contribution in [0.25, 0.3) is 16.1 Å². The second-order valence-corrected chi connectivity index (χ2v) is 15.7. The second kappa shape index (κ2) is 19.4. The third kappa shape index (κ3) is 9.90. The molecule has 294 valence electrons. The van der Waals surface area contributed by atoms with Crippen molar-refractivity contribution in [1.82, 2.24) is 19.7 Å². The van der Waals surface area contributed by atoms with Crippen LogP contribution >= 0.6 is 36.4 Å². The Kier molecular flexibility index (Phi) is 14.4. The number of hydrogen-bond donors (Lipinski definition) is 0. The highest BCUT2D eigenvalue weighted by Crippen LogP contribution is 2.40. The molecule has 0 saturated carbocycles. The van der Waals surface area contributed by atoms with Gasteiger partial charge in [-0.05, 0) is 92.1 Å². The molecule has 10 nitrogen and oxygen atoms in total. The molecule has 1 aliphatic heterocycles. The zero-order chi connectivity index (χ0) is 38.3. The van der Waals surface area contributed by atoms with Crippen molar-refractivity contribution < 1.29 is 23.8 Å². The summed E-state index contributed by atoms with van der Waals surface area (Å²) in [5.41, 5.74) is 9.56. The van der Waals surface area contributed by atoms with Gasteiger partial charge in [-0.3, -0.25) is 24.1 Å².